The first-order valence-electron chi connectivity index (χ1n) is 6.79. The highest BCUT2D eigenvalue weighted by Crippen LogP contribution is 2.16. The molecule has 0 bridgehead atoms. The number of hydrogen-bond acceptors (Lipinski definition) is 4. The number of amides is 2. The largest absolute Gasteiger partial charge is 0.471 e. The molecule has 0 aliphatic rings. The summed E-state index contributed by atoms with van der Waals surface area (Å²) in [6, 6.07) is -1.59. The monoisotopic (exact) mass is 366 g/mol. The van der Waals surface area contributed by atoms with Gasteiger partial charge in [0.05, 0.1) is 6.61 Å². The van der Waals surface area contributed by atoms with Crippen molar-refractivity contribution >= 4 is 17.8 Å². The molecule has 24 heavy (non-hydrogen) atoms. The first kappa shape index (κ1) is 22.0. The zero-order chi connectivity index (χ0) is 19.0. The van der Waals surface area contributed by atoms with Gasteiger partial charge in [0.15, 0.2) is 0 Å². The van der Waals surface area contributed by atoms with E-state index in [0.717, 1.165) is 0 Å². The molecule has 0 aromatic heterocycles. The van der Waals surface area contributed by atoms with Crippen LogP contribution in [0.5, 0.6) is 0 Å². The molecule has 1 atom stereocenters. The summed E-state index contributed by atoms with van der Waals surface area (Å²) < 4.78 is 76.8. The topological polar surface area (TPSA) is 84.5 Å². The smallest absolute Gasteiger partial charge is 0.464 e. The average Bonchev–Trinajstić information content (AvgIpc) is 2.43. The number of halogens is 6. The highest BCUT2D eigenvalue weighted by molar-refractivity contribution is 5.87. The van der Waals surface area contributed by atoms with Gasteiger partial charge in [-0.25, -0.2) is 4.79 Å². The predicted molar refractivity (Wildman–Crippen MR) is 67.5 cm³/mol. The number of carbonyl (C=O) groups is 3. The molecule has 0 saturated heterocycles. The fraction of sp³-hybridized carbons (Fsp3) is 0.750. The Balaban J connectivity index is 4.40. The van der Waals surface area contributed by atoms with E-state index < -0.39 is 36.2 Å². The molecule has 0 saturated carbocycles. The molecule has 2 amide bonds. The van der Waals surface area contributed by atoms with E-state index in [0.29, 0.717) is 0 Å². The van der Waals surface area contributed by atoms with Crippen LogP contribution in [0.1, 0.15) is 26.2 Å². The fourth-order valence-corrected chi connectivity index (χ4v) is 1.51. The van der Waals surface area contributed by atoms with Crippen LogP contribution in [0.2, 0.25) is 0 Å². The first-order valence-corrected chi connectivity index (χ1v) is 6.79. The molecule has 0 radical (unpaired) electrons. The van der Waals surface area contributed by atoms with E-state index in [2.05, 4.69) is 4.74 Å². The van der Waals surface area contributed by atoms with Gasteiger partial charge >= 0.3 is 30.1 Å². The lowest BCUT2D eigenvalue weighted by Crippen LogP contribution is -2.47. The van der Waals surface area contributed by atoms with Gasteiger partial charge in [-0.2, -0.15) is 26.3 Å². The van der Waals surface area contributed by atoms with Crippen LogP contribution in [0.25, 0.3) is 0 Å². The second-order valence-corrected chi connectivity index (χ2v) is 4.53. The third-order valence-electron chi connectivity index (χ3n) is 2.60. The third-order valence-corrected chi connectivity index (χ3v) is 2.60. The Morgan fingerprint density at radius 3 is 1.96 bits per heavy atom. The number of carbonyl (C=O) groups excluding carboxylic acids is 3. The molecule has 0 aliphatic carbocycles. The van der Waals surface area contributed by atoms with Crippen LogP contribution < -0.4 is 10.6 Å². The Bertz CT molecular complexity index is 450. The fourth-order valence-electron chi connectivity index (χ4n) is 1.51. The molecule has 0 spiro atoms. The maximum atomic E-state index is 12.2. The van der Waals surface area contributed by atoms with Crippen molar-refractivity contribution in [2.24, 2.45) is 0 Å². The van der Waals surface area contributed by atoms with Crippen molar-refractivity contribution in [2.75, 3.05) is 13.2 Å². The van der Waals surface area contributed by atoms with Crippen LogP contribution >= 0.6 is 0 Å². The van der Waals surface area contributed by atoms with Crippen molar-refractivity contribution < 1.29 is 45.5 Å². The number of esters is 1. The lowest BCUT2D eigenvalue weighted by molar-refractivity contribution is -0.176. The molecule has 1 unspecified atom stereocenters. The van der Waals surface area contributed by atoms with Crippen molar-refractivity contribution in [3.63, 3.8) is 0 Å². The van der Waals surface area contributed by atoms with Gasteiger partial charge in [0.1, 0.15) is 6.04 Å². The van der Waals surface area contributed by atoms with Crippen LogP contribution in [0.15, 0.2) is 0 Å². The van der Waals surface area contributed by atoms with Crippen molar-refractivity contribution in [3.05, 3.63) is 0 Å². The number of ether oxygens (including phenoxy) is 1. The van der Waals surface area contributed by atoms with Crippen molar-refractivity contribution in [3.8, 4) is 0 Å². The number of nitrogens with one attached hydrogen (secondary N) is 2. The molecule has 0 aliphatic heterocycles. The standard InChI is InChI=1S/C12H16F6N2O4/c1-2-24-8(21)7(20-10(23)12(16,17)18)5-3-4-6-19-9(22)11(13,14)15/h7H,2-6H2,1H3,(H,19,22)(H,20,23). The van der Waals surface area contributed by atoms with Crippen molar-refractivity contribution in [1.29, 1.82) is 0 Å². The minimum absolute atomic E-state index is 0.0280. The molecule has 140 valence electrons. The van der Waals surface area contributed by atoms with Crippen molar-refractivity contribution in [2.45, 2.75) is 44.6 Å². The Kier molecular flexibility index (Phi) is 8.54. The third kappa shape index (κ3) is 8.58. The molecular weight excluding hydrogens is 350 g/mol. The summed E-state index contributed by atoms with van der Waals surface area (Å²) in [4.78, 5) is 32.9. The molecule has 12 heteroatoms. The highest BCUT2D eigenvalue weighted by Gasteiger charge is 2.41. The van der Waals surface area contributed by atoms with Gasteiger partial charge in [-0.15, -0.1) is 0 Å². The zero-order valence-electron chi connectivity index (χ0n) is 12.5. The van der Waals surface area contributed by atoms with Crippen LogP contribution in [0, 0.1) is 0 Å². The van der Waals surface area contributed by atoms with E-state index >= 15 is 0 Å². The summed E-state index contributed by atoms with van der Waals surface area (Å²) in [6.45, 7) is 0.896. The normalized spacial score (nSPS) is 13.1. The molecular formula is C12H16F6N2O4. The Labute approximate surface area is 132 Å². The average molecular weight is 366 g/mol. The van der Waals surface area contributed by atoms with Gasteiger partial charge in [0, 0.05) is 6.54 Å². The van der Waals surface area contributed by atoms with E-state index in [9.17, 15) is 40.7 Å². The van der Waals surface area contributed by atoms with Gasteiger partial charge in [0.2, 0.25) is 0 Å². The van der Waals surface area contributed by atoms with Gasteiger partial charge in [0.25, 0.3) is 0 Å². The van der Waals surface area contributed by atoms with Gasteiger partial charge in [-0.1, -0.05) is 0 Å². The molecule has 0 aromatic carbocycles. The van der Waals surface area contributed by atoms with E-state index in [4.69, 9.17) is 0 Å². The van der Waals surface area contributed by atoms with Crippen molar-refractivity contribution in [1.82, 2.24) is 10.6 Å². The van der Waals surface area contributed by atoms with E-state index in [1.165, 1.54) is 12.2 Å². The minimum atomic E-state index is -5.19. The maximum Gasteiger partial charge on any atom is 0.471 e. The van der Waals surface area contributed by atoms with E-state index in [-0.39, 0.29) is 32.4 Å². The Hall–Kier alpha value is -2.01. The lowest BCUT2D eigenvalue weighted by atomic mass is 10.1. The van der Waals surface area contributed by atoms with E-state index in [1.807, 2.05) is 0 Å². The van der Waals surface area contributed by atoms with Crippen LogP contribution in [0.3, 0.4) is 0 Å². The predicted octanol–water partition coefficient (Wildman–Crippen LogP) is 1.45. The van der Waals surface area contributed by atoms with Crippen LogP contribution in [-0.4, -0.2) is 49.3 Å². The summed E-state index contributed by atoms with van der Waals surface area (Å²) in [7, 11) is 0. The molecule has 0 rings (SSSR count). The summed E-state index contributed by atoms with van der Waals surface area (Å²) >= 11 is 0. The Morgan fingerprint density at radius 2 is 1.50 bits per heavy atom. The van der Waals surface area contributed by atoms with Gasteiger partial charge in [-0.3, -0.25) is 9.59 Å². The highest BCUT2D eigenvalue weighted by atomic mass is 19.4. The summed E-state index contributed by atoms with van der Waals surface area (Å²) in [5.41, 5.74) is 0. The molecule has 6 nitrogen and oxygen atoms in total. The van der Waals surface area contributed by atoms with Crippen LogP contribution in [0.4, 0.5) is 26.3 Å². The minimum Gasteiger partial charge on any atom is -0.464 e. The number of rotatable bonds is 8. The SMILES string of the molecule is CCOC(=O)C(CCCCNC(=O)C(F)(F)F)NC(=O)C(F)(F)F. The maximum absolute atomic E-state index is 12.2. The molecule has 0 aromatic rings. The summed E-state index contributed by atoms with van der Waals surface area (Å²) in [6.07, 6.45) is -10.6. The van der Waals surface area contributed by atoms with Gasteiger partial charge < -0.3 is 15.4 Å². The molecule has 2 N–H and O–H groups in total. The van der Waals surface area contributed by atoms with E-state index in [1.54, 1.807) is 5.32 Å². The summed E-state index contributed by atoms with van der Waals surface area (Å²) in [5.74, 6) is -5.56. The summed E-state index contributed by atoms with van der Waals surface area (Å²) in [5, 5.41) is 3.03. The first-order chi connectivity index (χ1) is 10.9. The molecule has 0 heterocycles. The molecule has 0 fully saturated rings. The number of hydrogen-bond donors (Lipinski definition) is 2. The lowest BCUT2D eigenvalue weighted by Gasteiger charge is -2.18. The quantitative estimate of drug-likeness (QED) is 0.387. The van der Waals surface area contributed by atoms with Crippen LogP contribution in [-0.2, 0) is 19.1 Å². The Morgan fingerprint density at radius 1 is 0.958 bits per heavy atom. The number of unbranched alkanes of at least 4 members (excludes halogenated alkanes) is 1. The second kappa shape index (κ2) is 9.33. The zero-order valence-corrected chi connectivity index (χ0v) is 12.5. The number of alkyl halides is 6. The van der Waals surface area contributed by atoms with Gasteiger partial charge in [-0.05, 0) is 26.2 Å². The second-order valence-electron chi connectivity index (χ2n) is 4.53.